The van der Waals surface area contributed by atoms with Crippen LogP contribution in [-0.4, -0.2) is 12.5 Å². The number of halogens is 1. The number of amides is 1. The number of rotatable bonds is 4. The number of aryl methyl sites for hydroxylation is 4. The molecule has 0 heterocycles. The molecule has 116 valence electrons. The van der Waals surface area contributed by atoms with E-state index in [-0.39, 0.29) is 12.5 Å². The number of hydrogen-bond acceptors (Lipinski definition) is 2. The van der Waals surface area contributed by atoms with Gasteiger partial charge in [0.2, 0.25) is 0 Å². The normalized spacial score (nSPS) is 10.4. The molecule has 22 heavy (non-hydrogen) atoms. The van der Waals surface area contributed by atoms with Crippen molar-refractivity contribution in [3.63, 3.8) is 0 Å². The van der Waals surface area contributed by atoms with E-state index in [4.69, 9.17) is 16.3 Å². The van der Waals surface area contributed by atoms with Crippen LogP contribution >= 0.6 is 11.6 Å². The molecule has 1 N–H and O–H groups in total. The van der Waals surface area contributed by atoms with E-state index < -0.39 is 0 Å². The minimum atomic E-state index is -0.187. The lowest BCUT2D eigenvalue weighted by Crippen LogP contribution is -2.20. The fourth-order valence-electron chi connectivity index (χ4n) is 2.15. The average Bonchev–Trinajstić information content (AvgIpc) is 2.46. The highest BCUT2D eigenvalue weighted by Gasteiger charge is 2.07. The molecule has 0 fully saturated rings. The van der Waals surface area contributed by atoms with Crippen LogP contribution in [0.2, 0.25) is 5.02 Å². The molecule has 1 amide bonds. The van der Waals surface area contributed by atoms with Gasteiger partial charge in [0, 0.05) is 10.7 Å². The molecular weight excluding hydrogens is 298 g/mol. The minimum Gasteiger partial charge on any atom is -0.484 e. The molecule has 0 atom stereocenters. The summed E-state index contributed by atoms with van der Waals surface area (Å²) in [5.74, 6) is 0.461. The first-order valence-electron chi connectivity index (χ1n) is 7.13. The summed E-state index contributed by atoms with van der Waals surface area (Å²) in [5.41, 5.74) is 4.99. The van der Waals surface area contributed by atoms with Crippen LogP contribution in [0.3, 0.4) is 0 Å². The molecule has 0 bridgehead atoms. The van der Waals surface area contributed by atoms with Crippen LogP contribution in [0.25, 0.3) is 0 Å². The Hall–Kier alpha value is -2.00. The maximum absolute atomic E-state index is 12.0. The number of benzene rings is 2. The molecule has 0 saturated heterocycles. The third-order valence-corrected chi connectivity index (χ3v) is 4.17. The van der Waals surface area contributed by atoms with Gasteiger partial charge in [-0.25, -0.2) is 0 Å². The molecule has 0 spiro atoms. The molecule has 0 aromatic heterocycles. The summed E-state index contributed by atoms with van der Waals surface area (Å²) < 4.78 is 5.54. The molecule has 0 aliphatic carbocycles. The first-order valence-corrected chi connectivity index (χ1v) is 7.51. The summed E-state index contributed by atoms with van der Waals surface area (Å²) in [6.45, 7) is 7.85. The topological polar surface area (TPSA) is 38.3 Å². The van der Waals surface area contributed by atoms with Crippen molar-refractivity contribution in [3.8, 4) is 5.75 Å². The molecule has 0 aliphatic heterocycles. The Morgan fingerprint density at radius 1 is 1.00 bits per heavy atom. The quantitative estimate of drug-likeness (QED) is 0.895. The maximum Gasteiger partial charge on any atom is 0.262 e. The van der Waals surface area contributed by atoms with Crippen LogP contribution in [0.4, 0.5) is 5.69 Å². The van der Waals surface area contributed by atoms with Crippen molar-refractivity contribution < 1.29 is 9.53 Å². The van der Waals surface area contributed by atoms with Crippen LogP contribution in [0.15, 0.2) is 30.3 Å². The molecule has 2 aromatic carbocycles. The van der Waals surface area contributed by atoms with Gasteiger partial charge in [-0.2, -0.15) is 0 Å². The second-order valence-electron chi connectivity index (χ2n) is 5.51. The third kappa shape index (κ3) is 4.01. The second-order valence-corrected chi connectivity index (χ2v) is 5.88. The van der Waals surface area contributed by atoms with Gasteiger partial charge in [-0.1, -0.05) is 17.7 Å². The summed E-state index contributed by atoms with van der Waals surface area (Å²) in [6.07, 6.45) is 0. The highest BCUT2D eigenvalue weighted by Crippen LogP contribution is 2.25. The van der Waals surface area contributed by atoms with E-state index in [9.17, 15) is 4.79 Å². The summed E-state index contributed by atoms with van der Waals surface area (Å²) >= 11 is 6.11. The Bertz CT molecular complexity index is 687. The monoisotopic (exact) mass is 317 g/mol. The Kier molecular flexibility index (Phi) is 5.09. The van der Waals surface area contributed by atoms with Gasteiger partial charge < -0.3 is 10.1 Å². The lowest BCUT2D eigenvalue weighted by atomic mass is 10.1. The van der Waals surface area contributed by atoms with Crippen LogP contribution in [0, 0.1) is 27.7 Å². The Morgan fingerprint density at radius 2 is 1.64 bits per heavy atom. The molecule has 2 rings (SSSR count). The van der Waals surface area contributed by atoms with E-state index >= 15 is 0 Å². The number of carbonyl (C=O) groups excluding carboxylic acids is 1. The van der Waals surface area contributed by atoms with Crippen molar-refractivity contribution in [1.29, 1.82) is 0 Å². The van der Waals surface area contributed by atoms with E-state index in [2.05, 4.69) is 5.32 Å². The zero-order chi connectivity index (χ0) is 16.3. The van der Waals surface area contributed by atoms with Gasteiger partial charge in [-0.3, -0.25) is 4.79 Å². The molecule has 0 radical (unpaired) electrons. The first kappa shape index (κ1) is 16.4. The van der Waals surface area contributed by atoms with Gasteiger partial charge >= 0.3 is 0 Å². The van der Waals surface area contributed by atoms with Gasteiger partial charge in [-0.05, 0) is 74.2 Å². The van der Waals surface area contributed by atoms with Gasteiger partial charge in [0.1, 0.15) is 5.75 Å². The Labute approximate surface area is 136 Å². The molecule has 4 heteroatoms. The summed E-state index contributed by atoms with van der Waals surface area (Å²) in [6, 6.07) is 9.48. The summed E-state index contributed by atoms with van der Waals surface area (Å²) in [5, 5.41) is 3.56. The van der Waals surface area contributed by atoms with E-state index in [0.717, 1.165) is 27.4 Å². The maximum atomic E-state index is 12.0. The van der Waals surface area contributed by atoms with Gasteiger partial charge in [0.15, 0.2) is 6.61 Å². The SMILES string of the molecule is Cc1ccc(NC(=O)COc2cc(C)c(Cl)c(C)c2)cc1C. The molecule has 3 nitrogen and oxygen atoms in total. The van der Waals surface area contributed by atoms with E-state index in [1.54, 1.807) is 0 Å². The number of ether oxygens (including phenoxy) is 1. The second kappa shape index (κ2) is 6.84. The van der Waals surface area contributed by atoms with Crippen molar-refractivity contribution in [2.24, 2.45) is 0 Å². The van der Waals surface area contributed by atoms with Crippen molar-refractivity contribution in [1.82, 2.24) is 0 Å². The van der Waals surface area contributed by atoms with Crippen molar-refractivity contribution in [3.05, 3.63) is 57.6 Å². The Morgan fingerprint density at radius 3 is 2.23 bits per heavy atom. The van der Waals surface area contributed by atoms with Gasteiger partial charge in [-0.15, -0.1) is 0 Å². The van der Waals surface area contributed by atoms with Crippen LogP contribution in [-0.2, 0) is 4.79 Å². The van der Waals surface area contributed by atoms with Crippen LogP contribution < -0.4 is 10.1 Å². The van der Waals surface area contributed by atoms with Crippen molar-refractivity contribution >= 4 is 23.2 Å². The fourth-order valence-corrected chi connectivity index (χ4v) is 2.26. The molecule has 0 saturated carbocycles. The highest BCUT2D eigenvalue weighted by atomic mass is 35.5. The lowest BCUT2D eigenvalue weighted by molar-refractivity contribution is -0.118. The highest BCUT2D eigenvalue weighted by molar-refractivity contribution is 6.32. The van der Waals surface area contributed by atoms with E-state index in [0.29, 0.717) is 5.75 Å². The number of nitrogens with one attached hydrogen (secondary N) is 1. The lowest BCUT2D eigenvalue weighted by Gasteiger charge is -2.11. The standard InChI is InChI=1S/C18H20ClNO2/c1-11-5-6-15(7-12(11)2)20-17(21)10-22-16-8-13(3)18(19)14(4)9-16/h5-9H,10H2,1-4H3,(H,20,21). The van der Waals surface area contributed by atoms with E-state index in [1.807, 2.05) is 58.0 Å². The van der Waals surface area contributed by atoms with Crippen molar-refractivity contribution in [2.75, 3.05) is 11.9 Å². The molecule has 0 unspecified atom stereocenters. The zero-order valence-electron chi connectivity index (χ0n) is 13.3. The summed E-state index contributed by atoms with van der Waals surface area (Å²) in [7, 11) is 0. The van der Waals surface area contributed by atoms with E-state index in [1.165, 1.54) is 5.56 Å². The minimum absolute atomic E-state index is 0.0343. The largest absolute Gasteiger partial charge is 0.484 e. The number of hydrogen-bond donors (Lipinski definition) is 1. The number of carbonyl (C=O) groups is 1. The van der Waals surface area contributed by atoms with Crippen LogP contribution in [0.1, 0.15) is 22.3 Å². The summed E-state index contributed by atoms with van der Waals surface area (Å²) in [4.78, 5) is 12.0. The average molecular weight is 318 g/mol. The van der Waals surface area contributed by atoms with Crippen molar-refractivity contribution in [2.45, 2.75) is 27.7 Å². The Balaban J connectivity index is 1.96. The van der Waals surface area contributed by atoms with Gasteiger partial charge in [0.25, 0.3) is 5.91 Å². The number of anilines is 1. The smallest absolute Gasteiger partial charge is 0.262 e. The molecule has 0 aliphatic rings. The fraction of sp³-hybridized carbons (Fsp3) is 0.278. The zero-order valence-corrected chi connectivity index (χ0v) is 14.0. The van der Waals surface area contributed by atoms with Crippen LogP contribution in [0.5, 0.6) is 5.75 Å². The predicted molar refractivity (Wildman–Crippen MR) is 91.0 cm³/mol. The predicted octanol–water partition coefficient (Wildman–Crippen LogP) is 4.59. The molecule has 2 aromatic rings. The van der Waals surface area contributed by atoms with Gasteiger partial charge in [0.05, 0.1) is 0 Å². The first-order chi connectivity index (χ1) is 10.4. The molecular formula is C18H20ClNO2. The third-order valence-electron chi connectivity index (χ3n) is 3.57.